The highest BCUT2D eigenvalue weighted by Gasteiger charge is 2.16. The van der Waals surface area contributed by atoms with Crippen LogP contribution in [0.5, 0.6) is 0 Å². The van der Waals surface area contributed by atoms with E-state index in [-0.39, 0.29) is 5.92 Å². The number of aliphatic carboxylic acids is 1. The van der Waals surface area contributed by atoms with Crippen LogP contribution in [-0.4, -0.2) is 11.1 Å². The van der Waals surface area contributed by atoms with Crippen LogP contribution in [0.25, 0.3) is 0 Å². The third kappa shape index (κ3) is 6.62. The summed E-state index contributed by atoms with van der Waals surface area (Å²) in [5.74, 6) is -0.779. The lowest BCUT2D eigenvalue weighted by atomic mass is 9.87. The molecule has 0 aromatic carbocycles. The van der Waals surface area contributed by atoms with E-state index in [4.69, 9.17) is 5.11 Å². The summed E-state index contributed by atoms with van der Waals surface area (Å²) in [5, 5.41) is 8.80. The van der Waals surface area contributed by atoms with E-state index in [2.05, 4.69) is 20.8 Å². The first-order chi connectivity index (χ1) is 5.87. The van der Waals surface area contributed by atoms with Crippen molar-refractivity contribution in [1.82, 2.24) is 0 Å². The van der Waals surface area contributed by atoms with Crippen LogP contribution >= 0.6 is 0 Å². The second kappa shape index (κ2) is 5.25. The highest BCUT2D eigenvalue weighted by atomic mass is 16.4. The molecule has 0 aromatic rings. The first kappa shape index (κ1) is 12.5. The van der Waals surface area contributed by atoms with Gasteiger partial charge in [-0.25, -0.2) is 0 Å². The van der Waals surface area contributed by atoms with Gasteiger partial charge in [0.25, 0.3) is 0 Å². The van der Waals surface area contributed by atoms with Gasteiger partial charge < -0.3 is 5.11 Å². The third-order valence-electron chi connectivity index (χ3n) is 2.32. The van der Waals surface area contributed by atoms with Crippen molar-refractivity contribution >= 4 is 5.97 Å². The first-order valence-corrected chi connectivity index (χ1v) is 5.09. The summed E-state index contributed by atoms with van der Waals surface area (Å²) in [6, 6.07) is 0. The summed E-state index contributed by atoms with van der Waals surface area (Å²) in [6.45, 7) is 8.51. The van der Waals surface area contributed by atoms with Crippen molar-refractivity contribution in [3.05, 3.63) is 0 Å². The summed E-state index contributed by atoms with van der Waals surface area (Å²) in [6.07, 6.45) is 3.70. The van der Waals surface area contributed by atoms with Crippen molar-refractivity contribution in [2.75, 3.05) is 0 Å². The molecule has 0 fully saturated rings. The molecule has 0 radical (unpaired) electrons. The molecule has 1 unspecified atom stereocenters. The molecule has 0 rings (SSSR count). The largest absolute Gasteiger partial charge is 0.481 e. The van der Waals surface area contributed by atoms with E-state index < -0.39 is 5.97 Å². The standard InChI is InChI=1S/C11H22O2/c1-5-9(10(12)13)7-6-8-11(2,3)4/h9H,5-8H2,1-4H3,(H,12,13). The van der Waals surface area contributed by atoms with Gasteiger partial charge in [-0.15, -0.1) is 0 Å². The number of rotatable bonds is 5. The zero-order valence-electron chi connectivity index (χ0n) is 9.26. The van der Waals surface area contributed by atoms with Crippen LogP contribution in [0.4, 0.5) is 0 Å². The highest BCUT2D eigenvalue weighted by Crippen LogP contribution is 2.24. The highest BCUT2D eigenvalue weighted by molar-refractivity contribution is 5.69. The minimum absolute atomic E-state index is 0.137. The van der Waals surface area contributed by atoms with Crippen molar-refractivity contribution in [1.29, 1.82) is 0 Å². The zero-order valence-corrected chi connectivity index (χ0v) is 9.26. The normalized spacial score (nSPS) is 14.2. The van der Waals surface area contributed by atoms with Gasteiger partial charge >= 0.3 is 5.97 Å². The Labute approximate surface area is 81.3 Å². The van der Waals surface area contributed by atoms with E-state index in [1.165, 1.54) is 0 Å². The Morgan fingerprint density at radius 3 is 2.23 bits per heavy atom. The van der Waals surface area contributed by atoms with Crippen molar-refractivity contribution in [3.63, 3.8) is 0 Å². The lowest BCUT2D eigenvalue weighted by Crippen LogP contribution is -2.13. The Balaban J connectivity index is 3.68. The maximum atomic E-state index is 10.7. The second-order valence-corrected chi connectivity index (χ2v) is 4.90. The van der Waals surface area contributed by atoms with Gasteiger partial charge in [-0.3, -0.25) is 4.79 Å². The fraction of sp³-hybridized carbons (Fsp3) is 0.909. The molecular weight excluding hydrogens is 164 g/mol. The van der Waals surface area contributed by atoms with Gasteiger partial charge in [0.05, 0.1) is 5.92 Å². The van der Waals surface area contributed by atoms with Gasteiger partial charge in [0.15, 0.2) is 0 Å². The fourth-order valence-corrected chi connectivity index (χ4v) is 1.38. The average Bonchev–Trinajstić information content (AvgIpc) is 1.95. The lowest BCUT2D eigenvalue weighted by molar-refractivity contribution is -0.142. The van der Waals surface area contributed by atoms with Crippen LogP contribution in [0.15, 0.2) is 0 Å². The molecule has 0 aliphatic heterocycles. The maximum Gasteiger partial charge on any atom is 0.306 e. The number of carboxylic acids is 1. The molecule has 13 heavy (non-hydrogen) atoms. The Bertz CT molecular complexity index is 156. The van der Waals surface area contributed by atoms with Gasteiger partial charge in [0.1, 0.15) is 0 Å². The van der Waals surface area contributed by atoms with Gasteiger partial charge in [-0.2, -0.15) is 0 Å². The smallest absolute Gasteiger partial charge is 0.306 e. The van der Waals surface area contributed by atoms with Gasteiger partial charge in [0.2, 0.25) is 0 Å². The first-order valence-electron chi connectivity index (χ1n) is 5.09. The molecule has 0 bridgehead atoms. The Hall–Kier alpha value is -0.530. The summed E-state index contributed by atoms with van der Waals surface area (Å²) >= 11 is 0. The molecule has 0 aromatic heterocycles. The van der Waals surface area contributed by atoms with Gasteiger partial charge in [0, 0.05) is 0 Å². The Morgan fingerprint density at radius 2 is 1.92 bits per heavy atom. The summed E-state index contributed by atoms with van der Waals surface area (Å²) in [4.78, 5) is 10.7. The minimum Gasteiger partial charge on any atom is -0.481 e. The van der Waals surface area contributed by atoms with Crippen LogP contribution in [0.2, 0.25) is 0 Å². The molecule has 0 spiro atoms. The number of hydrogen-bond acceptors (Lipinski definition) is 1. The van der Waals surface area contributed by atoms with Gasteiger partial charge in [-0.05, 0) is 24.7 Å². The summed E-state index contributed by atoms with van der Waals surface area (Å²) in [5.41, 5.74) is 0.330. The maximum absolute atomic E-state index is 10.7. The molecule has 0 saturated carbocycles. The fourth-order valence-electron chi connectivity index (χ4n) is 1.38. The second-order valence-electron chi connectivity index (χ2n) is 4.90. The third-order valence-corrected chi connectivity index (χ3v) is 2.32. The average molecular weight is 186 g/mol. The van der Waals surface area contributed by atoms with Crippen molar-refractivity contribution in [2.24, 2.45) is 11.3 Å². The van der Waals surface area contributed by atoms with Crippen molar-refractivity contribution in [2.45, 2.75) is 53.4 Å². The van der Waals surface area contributed by atoms with E-state index >= 15 is 0 Å². The van der Waals surface area contributed by atoms with E-state index in [1.54, 1.807) is 0 Å². The van der Waals surface area contributed by atoms with Crippen molar-refractivity contribution < 1.29 is 9.90 Å². The molecule has 0 heterocycles. The summed E-state index contributed by atoms with van der Waals surface area (Å²) < 4.78 is 0. The molecule has 0 saturated heterocycles. The van der Waals surface area contributed by atoms with Crippen molar-refractivity contribution in [3.8, 4) is 0 Å². The molecule has 2 nitrogen and oxygen atoms in total. The molecule has 0 aliphatic carbocycles. The van der Waals surface area contributed by atoms with E-state index in [0.717, 1.165) is 25.7 Å². The zero-order chi connectivity index (χ0) is 10.5. The van der Waals surface area contributed by atoms with Crippen LogP contribution < -0.4 is 0 Å². The SMILES string of the molecule is CCC(CCCC(C)(C)C)C(=O)O. The topological polar surface area (TPSA) is 37.3 Å². The van der Waals surface area contributed by atoms with Crippen LogP contribution in [-0.2, 0) is 4.79 Å². The summed E-state index contributed by atoms with van der Waals surface area (Å²) in [7, 11) is 0. The van der Waals surface area contributed by atoms with Gasteiger partial charge in [-0.1, -0.05) is 34.1 Å². The number of carbonyl (C=O) groups is 1. The predicted octanol–water partition coefficient (Wildman–Crippen LogP) is 3.31. The molecule has 1 N–H and O–H groups in total. The van der Waals surface area contributed by atoms with Crippen LogP contribution in [0, 0.1) is 11.3 Å². The molecule has 78 valence electrons. The Kier molecular flexibility index (Phi) is 5.04. The van der Waals surface area contributed by atoms with Crippen LogP contribution in [0.1, 0.15) is 53.4 Å². The lowest BCUT2D eigenvalue weighted by Gasteiger charge is -2.18. The number of hydrogen-bond donors (Lipinski definition) is 1. The Morgan fingerprint density at radius 1 is 1.38 bits per heavy atom. The monoisotopic (exact) mass is 186 g/mol. The number of carboxylic acid groups (broad SMARTS) is 1. The van der Waals surface area contributed by atoms with E-state index in [0.29, 0.717) is 5.41 Å². The van der Waals surface area contributed by atoms with E-state index in [1.807, 2.05) is 6.92 Å². The molecule has 0 aliphatic rings. The molecular formula is C11H22O2. The molecule has 2 heteroatoms. The molecule has 1 atom stereocenters. The quantitative estimate of drug-likeness (QED) is 0.715. The minimum atomic E-state index is -0.642. The molecule has 0 amide bonds. The predicted molar refractivity (Wildman–Crippen MR) is 54.7 cm³/mol. The van der Waals surface area contributed by atoms with E-state index in [9.17, 15) is 4.79 Å². The van der Waals surface area contributed by atoms with Crippen LogP contribution in [0.3, 0.4) is 0 Å².